The molecule has 0 unspecified atom stereocenters. The highest BCUT2D eigenvalue weighted by molar-refractivity contribution is 7.98. The number of benzene rings is 1. The summed E-state index contributed by atoms with van der Waals surface area (Å²) >= 11 is 2.69. The maximum atomic E-state index is 11.3. The molecule has 8 heteroatoms. The fourth-order valence-corrected chi connectivity index (χ4v) is 3.14. The Hall–Kier alpha value is -1.90. The fourth-order valence-electron chi connectivity index (χ4n) is 1.59. The number of rotatable bonds is 4. The van der Waals surface area contributed by atoms with Gasteiger partial charge in [0.25, 0.3) is 11.1 Å². The Bertz CT molecular complexity index is 720. The Morgan fingerprint density at radius 3 is 3.05 bits per heavy atom. The van der Waals surface area contributed by atoms with E-state index in [1.807, 2.05) is 29.6 Å². The molecule has 0 saturated heterocycles. The minimum atomic E-state index is -0.381. The van der Waals surface area contributed by atoms with Gasteiger partial charge in [-0.25, -0.2) is 15.8 Å². The molecule has 2 heterocycles. The summed E-state index contributed by atoms with van der Waals surface area (Å²) in [5.41, 5.74) is 4.44. The van der Waals surface area contributed by atoms with Gasteiger partial charge < -0.3 is 4.42 Å². The lowest BCUT2D eigenvalue weighted by atomic mass is 10.3. The third-order valence-corrected chi connectivity index (χ3v) is 4.25. The molecule has 0 saturated carbocycles. The van der Waals surface area contributed by atoms with Gasteiger partial charge in [-0.2, -0.15) is 0 Å². The van der Waals surface area contributed by atoms with Crippen LogP contribution in [0.15, 0.2) is 39.3 Å². The summed E-state index contributed by atoms with van der Waals surface area (Å²) < 4.78 is 5.59. The van der Waals surface area contributed by atoms with Crippen molar-refractivity contribution in [1.29, 1.82) is 0 Å². The van der Waals surface area contributed by atoms with Gasteiger partial charge in [-0.05, 0) is 12.1 Å². The Morgan fingerprint density at radius 1 is 1.40 bits per heavy atom. The lowest BCUT2D eigenvalue weighted by molar-refractivity contribution is 0.0953. The number of aromatic nitrogens is 2. The topological polar surface area (TPSA) is 94.0 Å². The van der Waals surface area contributed by atoms with Gasteiger partial charge in [0.15, 0.2) is 10.6 Å². The first kappa shape index (κ1) is 13.1. The summed E-state index contributed by atoms with van der Waals surface area (Å²) in [5.74, 6) is 5.26. The molecule has 0 radical (unpaired) electrons. The number of amides is 1. The van der Waals surface area contributed by atoms with Crippen LogP contribution in [0.1, 0.15) is 15.5 Å². The molecule has 3 aromatic rings. The third kappa shape index (κ3) is 2.67. The van der Waals surface area contributed by atoms with Crippen LogP contribution < -0.4 is 11.3 Å². The smallest absolute Gasteiger partial charge is 0.294 e. The highest BCUT2D eigenvalue weighted by Gasteiger charge is 2.11. The average molecular weight is 306 g/mol. The van der Waals surface area contributed by atoms with E-state index in [1.54, 1.807) is 0 Å². The number of fused-ring (bicyclic) bond motifs is 1. The summed E-state index contributed by atoms with van der Waals surface area (Å²) in [6.07, 6.45) is 0. The van der Waals surface area contributed by atoms with Crippen molar-refractivity contribution in [2.75, 3.05) is 0 Å². The first-order valence-corrected chi connectivity index (χ1v) is 7.56. The molecule has 6 nitrogen and oxygen atoms in total. The van der Waals surface area contributed by atoms with Crippen molar-refractivity contribution < 1.29 is 9.21 Å². The van der Waals surface area contributed by atoms with Gasteiger partial charge in [-0.15, -0.1) is 11.3 Å². The Balaban J connectivity index is 1.69. The zero-order valence-electron chi connectivity index (χ0n) is 10.2. The summed E-state index contributed by atoms with van der Waals surface area (Å²) in [5, 5.41) is 2.75. The van der Waals surface area contributed by atoms with Crippen LogP contribution in [-0.4, -0.2) is 15.9 Å². The number of nitrogen functional groups attached to an aromatic ring is 1. The van der Waals surface area contributed by atoms with Gasteiger partial charge in [-0.3, -0.25) is 10.2 Å². The molecule has 0 fully saturated rings. The van der Waals surface area contributed by atoms with E-state index in [9.17, 15) is 4.79 Å². The van der Waals surface area contributed by atoms with Crippen molar-refractivity contribution in [3.8, 4) is 0 Å². The molecular formula is C12H10N4O2S2. The number of nitrogens with two attached hydrogens (primary N) is 1. The van der Waals surface area contributed by atoms with E-state index in [2.05, 4.69) is 15.4 Å². The molecule has 1 aromatic carbocycles. The third-order valence-electron chi connectivity index (χ3n) is 2.49. The number of para-hydroxylation sites is 2. The van der Waals surface area contributed by atoms with Crippen molar-refractivity contribution in [2.45, 2.75) is 11.0 Å². The van der Waals surface area contributed by atoms with Gasteiger partial charge in [0.05, 0.1) is 5.69 Å². The molecule has 0 aliphatic heterocycles. The number of thiazole rings is 1. The zero-order chi connectivity index (χ0) is 13.9. The van der Waals surface area contributed by atoms with E-state index in [0.717, 1.165) is 16.8 Å². The van der Waals surface area contributed by atoms with Gasteiger partial charge in [0.1, 0.15) is 5.52 Å². The lowest BCUT2D eigenvalue weighted by Crippen LogP contribution is -2.29. The maximum absolute atomic E-state index is 11.3. The minimum absolute atomic E-state index is 0.348. The number of hydrazine groups is 1. The number of hydrogen-bond acceptors (Lipinski definition) is 7. The second kappa shape index (κ2) is 5.61. The van der Waals surface area contributed by atoms with Crippen LogP contribution in [0.25, 0.3) is 11.1 Å². The molecular weight excluding hydrogens is 296 g/mol. The molecule has 0 aliphatic carbocycles. The normalized spacial score (nSPS) is 10.8. The first-order valence-electron chi connectivity index (χ1n) is 5.70. The van der Waals surface area contributed by atoms with Crippen LogP contribution in [0, 0.1) is 0 Å². The van der Waals surface area contributed by atoms with Crippen LogP contribution in [0.4, 0.5) is 0 Å². The summed E-state index contributed by atoms with van der Waals surface area (Å²) in [6.45, 7) is 0. The number of hydrogen-bond donors (Lipinski definition) is 2. The van der Waals surface area contributed by atoms with Gasteiger partial charge >= 0.3 is 0 Å². The van der Waals surface area contributed by atoms with Crippen LogP contribution >= 0.6 is 23.1 Å². The second-order valence-corrected chi connectivity index (χ2v) is 5.64. The highest BCUT2D eigenvalue weighted by Crippen LogP contribution is 2.26. The molecule has 102 valence electrons. The lowest BCUT2D eigenvalue weighted by Gasteiger charge is -1.93. The van der Waals surface area contributed by atoms with Crippen LogP contribution in [0.5, 0.6) is 0 Å². The average Bonchev–Trinajstić information content (AvgIpc) is 3.10. The molecule has 3 rings (SSSR count). The van der Waals surface area contributed by atoms with Crippen LogP contribution in [-0.2, 0) is 5.75 Å². The summed E-state index contributed by atoms with van der Waals surface area (Å²) in [4.78, 5) is 19.8. The molecule has 3 N–H and O–H groups in total. The molecule has 0 aliphatic rings. The van der Waals surface area contributed by atoms with Gasteiger partial charge in [0, 0.05) is 11.1 Å². The SMILES string of the molecule is NNC(=O)c1nc(CSc2nc3ccccc3o2)cs1. The first-order chi connectivity index (χ1) is 9.76. The van der Waals surface area contributed by atoms with Crippen molar-refractivity contribution >= 4 is 40.1 Å². The predicted molar refractivity (Wildman–Crippen MR) is 77.3 cm³/mol. The minimum Gasteiger partial charge on any atom is -0.431 e. The quantitative estimate of drug-likeness (QED) is 0.332. The molecule has 0 atom stereocenters. The van der Waals surface area contributed by atoms with E-state index in [1.165, 1.54) is 23.1 Å². The van der Waals surface area contributed by atoms with Gasteiger partial charge in [0.2, 0.25) is 0 Å². The van der Waals surface area contributed by atoms with E-state index in [-0.39, 0.29) is 5.91 Å². The van der Waals surface area contributed by atoms with E-state index in [0.29, 0.717) is 16.0 Å². The van der Waals surface area contributed by atoms with E-state index >= 15 is 0 Å². The largest absolute Gasteiger partial charge is 0.431 e. The number of nitrogens with one attached hydrogen (secondary N) is 1. The highest BCUT2D eigenvalue weighted by atomic mass is 32.2. The van der Waals surface area contributed by atoms with Crippen molar-refractivity contribution in [2.24, 2.45) is 5.84 Å². The molecule has 20 heavy (non-hydrogen) atoms. The second-order valence-electron chi connectivity index (χ2n) is 3.85. The van der Waals surface area contributed by atoms with Crippen LogP contribution in [0.2, 0.25) is 0 Å². The number of carbonyl (C=O) groups excluding carboxylic acids is 1. The monoisotopic (exact) mass is 306 g/mol. The standard InChI is InChI=1S/C12H10N4O2S2/c13-16-10(17)11-14-7(5-19-11)6-20-12-15-8-3-1-2-4-9(8)18-12/h1-5H,6,13H2,(H,16,17). The Labute approximate surface area is 122 Å². The molecule has 0 spiro atoms. The number of oxazole rings is 1. The van der Waals surface area contributed by atoms with Crippen molar-refractivity contribution in [1.82, 2.24) is 15.4 Å². The molecule has 0 bridgehead atoms. The fraction of sp³-hybridized carbons (Fsp3) is 0.0833. The predicted octanol–water partition coefficient (Wildman–Crippen LogP) is 2.18. The summed E-state index contributed by atoms with van der Waals surface area (Å²) in [7, 11) is 0. The van der Waals surface area contributed by atoms with Crippen LogP contribution in [0.3, 0.4) is 0 Å². The van der Waals surface area contributed by atoms with Crippen molar-refractivity contribution in [3.63, 3.8) is 0 Å². The zero-order valence-corrected chi connectivity index (χ0v) is 11.8. The Morgan fingerprint density at radius 2 is 2.25 bits per heavy atom. The Kier molecular flexibility index (Phi) is 3.68. The van der Waals surface area contributed by atoms with E-state index < -0.39 is 0 Å². The van der Waals surface area contributed by atoms with Gasteiger partial charge in [-0.1, -0.05) is 23.9 Å². The van der Waals surface area contributed by atoms with Crippen molar-refractivity contribution in [3.05, 3.63) is 40.3 Å². The number of carbonyl (C=O) groups is 1. The number of nitrogens with zero attached hydrogens (tertiary/aromatic N) is 2. The van der Waals surface area contributed by atoms with E-state index in [4.69, 9.17) is 10.3 Å². The molecule has 2 aromatic heterocycles. The maximum Gasteiger partial charge on any atom is 0.294 e. The summed E-state index contributed by atoms with van der Waals surface area (Å²) in [6, 6.07) is 7.59. The molecule has 1 amide bonds. The number of thioether (sulfide) groups is 1.